The lowest BCUT2D eigenvalue weighted by atomic mass is 9.77. The Morgan fingerprint density at radius 2 is 2.23 bits per heavy atom. The average molecular weight is 198 g/mol. The highest BCUT2D eigenvalue weighted by atomic mass is 35.5. The predicted octanol–water partition coefficient (Wildman–Crippen LogP) is 1.37. The normalized spacial score (nSPS) is 10.2. The zero-order valence-corrected chi connectivity index (χ0v) is 8.51. The fourth-order valence-electron chi connectivity index (χ4n) is 1.16. The summed E-state index contributed by atoms with van der Waals surface area (Å²) in [4.78, 5) is 0. The standard InChI is InChI=1S/C9H12BClO2/c1-3-13-10(12)9-5-4-8(11)6-7(9)2/h4-6,12H,3H2,1-2H3. The fraction of sp³-hybridized carbons (Fsp3) is 0.333. The summed E-state index contributed by atoms with van der Waals surface area (Å²) in [7, 11) is -0.845. The van der Waals surface area contributed by atoms with E-state index >= 15 is 0 Å². The van der Waals surface area contributed by atoms with Crippen LogP contribution in [0.5, 0.6) is 0 Å². The van der Waals surface area contributed by atoms with Crippen molar-refractivity contribution in [2.75, 3.05) is 6.61 Å². The molecule has 0 heterocycles. The van der Waals surface area contributed by atoms with Gasteiger partial charge in [-0.05, 0) is 37.0 Å². The van der Waals surface area contributed by atoms with Gasteiger partial charge >= 0.3 is 7.12 Å². The molecule has 1 rings (SSSR count). The first kappa shape index (κ1) is 10.6. The molecule has 0 bridgehead atoms. The molecule has 70 valence electrons. The maximum absolute atomic E-state index is 9.53. The Balaban J connectivity index is 2.88. The van der Waals surface area contributed by atoms with Gasteiger partial charge in [0.2, 0.25) is 0 Å². The number of rotatable bonds is 3. The SMILES string of the molecule is CCOB(O)c1ccc(Cl)cc1C. The molecule has 2 nitrogen and oxygen atoms in total. The highest BCUT2D eigenvalue weighted by Crippen LogP contribution is 2.08. The summed E-state index contributed by atoms with van der Waals surface area (Å²) < 4.78 is 5.06. The molecule has 0 aromatic heterocycles. The van der Waals surface area contributed by atoms with Crippen molar-refractivity contribution in [2.45, 2.75) is 13.8 Å². The Hall–Kier alpha value is -0.505. The van der Waals surface area contributed by atoms with Gasteiger partial charge in [0.1, 0.15) is 0 Å². The second-order valence-electron chi connectivity index (χ2n) is 2.81. The molecule has 0 spiro atoms. The van der Waals surface area contributed by atoms with Crippen LogP contribution in [0.25, 0.3) is 0 Å². The van der Waals surface area contributed by atoms with Crippen LogP contribution < -0.4 is 5.46 Å². The first-order chi connectivity index (χ1) is 6.15. The first-order valence-electron chi connectivity index (χ1n) is 4.21. The molecule has 13 heavy (non-hydrogen) atoms. The molecule has 0 radical (unpaired) electrons. The van der Waals surface area contributed by atoms with E-state index in [1.165, 1.54) is 0 Å². The van der Waals surface area contributed by atoms with Gasteiger partial charge in [0.05, 0.1) is 0 Å². The predicted molar refractivity (Wildman–Crippen MR) is 55.4 cm³/mol. The van der Waals surface area contributed by atoms with Crippen LogP contribution in [0.2, 0.25) is 5.02 Å². The third-order valence-electron chi connectivity index (χ3n) is 1.82. The van der Waals surface area contributed by atoms with E-state index < -0.39 is 7.12 Å². The lowest BCUT2D eigenvalue weighted by molar-refractivity contribution is 0.287. The fourth-order valence-corrected chi connectivity index (χ4v) is 1.39. The van der Waals surface area contributed by atoms with Gasteiger partial charge < -0.3 is 9.68 Å². The van der Waals surface area contributed by atoms with Crippen LogP contribution in [0.1, 0.15) is 12.5 Å². The lowest BCUT2D eigenvalue weighted by Gasteiger charge is -2.09. The van der Waals surface area contributed by atoms with E-state index in [2.05, 4.69) is 0 Å². The molecule has 4 heteroatoms. The minimum Gasteiger partial charge on any atom is -0.423 e. The molecule has 0 aliphatic heterocycles. The Morgan fingerprint density at radius 3 is 2.77 bits per heavy atom. The average Bonchev–Trinajstić information content (AvgIpc) is 2.04. The van der Waals surface area contributed by atoms with Crippen LogP contribution in [0.3, 0.4) is 0 Å². The van der Waals surface area contributed by atoms with Crippen molar-refractivity contribution in [1.82, 2.24) is 0 Å². The van der Waals surface area contributed by atoms with Gasteiger partial charge in [-0.2, -0.15) is 0 Å². The summed E-state index contributed by atoms with van der Waals surface area (Å²) in [5.74, 6) is 0. The molecule has 0 fully saturated rings. The Morgan fingerprint density at radius 1 is 1.54 bits per heavy atom. The molecule has 0 atom stereocenters. The van der Waals surface area contributed by atoms with Gasteiger partial charge in [-0.1, -0.05) is 17.7 Å². The zero-order chi connectivity index (χ0) is 9.84. The van der Waals surface area contributed by atoms with Crippen molar-refractivity contribution >= 4 is 24.2 Å². The number of hydrogen-bond donors (Lipinski definition) is 1. The maximum Gasteiger partial charge on any atom is 0.491 e. The largest absolute Gasteiger partial charge is 0.491 e. The van der Waals surface area contributed by atoms with Crippen molar-refractivity contribution < 1.29 is 9.68 Å². The Labute approximate surface area is 83.6 Å². The van der Waals surface area contributed by atoms with Crippen molar-refractivity contribution in [3.05, 3.63) is 28.8 Å². The van der Waals surface area contributed by atoms with E-state index in [9.17, 15) is 5.02 Å². The van der Waals surface area contributed by atoms with E-state index in [4.69, 9.17) is 16.3 Å². The third kappa shape index (κ3) is 2.73. The van der Waals surface area contributed by atoms with Gasteiger partial charge in [0.15, 0.2) is 0 Å². The van der Waals surface area contributed by atoms with E-state index in [1.54, 1.807) is 18.2 Å². The van der Waals surface area contributed by atoms with Gasteiger partial charge in [0.25, 0.3) is 0 Å². The van der Waals surface area contributed by atoms with E-state index in [-0.39, 0.29) is 0 Å². The van der Waals surface area contributed by atoms with Crippen LogP contribution in [0.4, 0.5) is 0 Å². The third-order valence-corrected chi connectivity index (χ3v) is 2.06. The number of hydrogen-bond acceptors (Lipinski definition) is 2. The van der Waals surface area contributed by atoms with Crippen LogP contribution in [0, 0.1) is 6.92 Å². The second-order valence-corrected chi connectivity index (χ2v) is 3.25. The van der Waals surface area contributed by atoms with Gasteiger partial charge in [-0.3, -0.25) is 0 Å². The summed E-state index contributed by atoms with van der Waals surface area (Å²) in [5.41, 5.74) is 1.71. The second kappa shape index (κ2) is 4.65. The van der Waals surface area contributed by atoms with Crippen molar-refractivity contribution in [1.29, 1.82) is 0 Å². The topological polar surface area (TPSA) is 29.5 Å². The molecule has 1 aromatic carbocycles. The van der Waals surface area contributed by atoms with Gasteiger partial charge in [-0.15, -0.1) is 0 Å². The Kier molecular flexibility index (Phi) is 3.79. The highest BCUT2D eigenvalue weighted by molar-refractivity contribution is 6.60. The molecule has 0 saturated carbocycles. The summed E-state index contributed by atoms with van der Waals surface area (Å²) >= 11 is 5.78. The van der Waals surface area contributed by atoms with Crippen LogP contribution in [0.15, 0.2) is 18.2 Å². The number of aryl methyl sites for hydroxylation is 1. The van der Waals surface area contributed by atoms with Crippen molar-refractivity contribution in [3.8, 4) is 0 Å². The molecule has 0 aliphatic rings. The van der Waals surface area contributed by atoms with Crippen molar-refractivity contribution in [2.24, 2.45) is 0 Å². The number of benzene rings is 1. The van der Waals surface area contributed by atoms with E-state index in [0.29, 0.717) is 11.6 Å². The summed E-state index contributed by atoms with van der Waals surface area (Å²) in [6.45, 7) is 4.22. The highest BCUT2D eigenvalue weighted by Gasteiger charge is 2.17. The Bertz CT molecular complexity index is 291. The quantitative estimate of drug-likeness (QED) is 0.744. The maximum atomic E-state index is 9.53. The molecule has 0 amide bonds. The molecule has 0 aliphatic carbocycles. The molecule has 1 N–H and O–H groups in total. The van der Waals surface area contributed by atoms with E-state index in [1.807, 2.05) is 13.8 Å². The van der Waals surface area contributed by atoms with E-state index in [0.717, 1.165) is 11.0 Å². The summed E-state index contributed by atoms with van der Waals surface area (Å²) in [6, 6.07) is 5.32. The molecule has 0 saturated heterocycles. The molecule has 1 aromatic rings. The minimum absolute atomic E-state index is 0.489. The summed E-state index contributed by atoms with van der Waals surface area (Å²) in [5, 5.41) is 10.2. The number of halogens is 1. The van der Waals surface area contributed by atoms with Crippen molar-refractivity contribution in [3.63, 3.8) is 0 Å². The van der Waals surface area contributed by atoms with Crippen LogP contribution in [-0.2, 0) is 4.65 Å². The lowest BCUT2D eigenvalue weighted by Crippen LogP contribution is -2.35. The monoisotopic (exact) mass is 198 g/mol. The molecular weight excluding hydrogens is 186 g/mol. The molecule has 0 unspecified atom stereocenters. The first-order valence-corrected chi connectivity index (χ1v) is 4.58. The molecular formula is C9H12BClO2. The smallest absolute Gasteiger partial charge is 0.423 e. The van der Waals surface area contributed by atoms with Gasteiger partial charge in [0, 0.05) is 11.6 Å². The summed E-state index contributed by atoms with van der Waals surface area (Å²) in [6.07, 6.45) is 0. The van der Waals surface area contributed by atoms with Crippen LogP contribution >= 0.6 is 11.6 Å². The van der Waals surface area contributed by atoms with Gasteiger partial charge in [-0.25, -0.2) is 0 Å². The minimum atomic E-state index is -0.845. The van der Waals surface area contributed by atoms with Crippen LogP contribution in [-0.4, -0.2) is 18.7 Å². The zero-order valence-electron chi connectivity index (χ0n) is 7.75.